The molecule has 1 saturated carbocycles. The van der Waals surface area contributed by atoms with Gasteiger partial charge in [0, 0.05) is 49.6 Å². The van der Waals surface area contributed by atoms with Crippen LogP contribution in [0.4, 0.5) is 0 Å². The highest BCUT2D eigenvalue weighted by Gasteiger charge is 2.34. The van der Waals surface area contributed by atoms with Crippen molar-refractivity contribution in [3.63, 3.8) is 0 Å². The molecule has 1 aliphatic heterocycles. The van der Waals surface area contributed by atoms with Gasteiger partial charge >= 0.3 is 0 Å². The van der Waals surface area contributed by atoms with E-state index >= 15 is 0 Å². The molecule has 0 radical (unpaired) electrons. The van der Waals surface area contributed by atoms with Crippen molar-refractivity contribution in [2.45, 2.75) is 50.4 Å². The minimum absolute atomic E-state index is 0.274. The van der Waals surface area contributed by atoms with Crippen LogP contribution in [0.2, 0.25) is 0 Å². The van der Waals surface area contributed by atoms with Crippen LogP contribution in [-0.2, 0) is 14.9 Å². The molecule has 1 saturated heterocycles. The molecule has 6 heteroatoms. The molecule has 0 amide bonds. The second-order valence-corrected chi connectivity index (χ2v) is 8.78. The SMILES string of the molecule is CN=C(NCCCOCC1CCOC1)NCC1(c2cccs2)CCCCC1. The fourth-order valence-corrected chi connectivity index (χ4v) is 5.13. The van der Waals surface area contributed by atoms with E-state index in [-0.39, 0.29) is 5.41 Å². The van der Waals surface area contributed by atoms with E-state index in [1.54, 1.807) is 0 Å². The predicted molar refractivity (Wildman–Crippen MR) is 113 cm³/mol. The zero-order valence-corrected chi connectivity index (χ0v) is 17.5. The van der Waals surface area contributed by atoms with Crippen LogP contribution in [0, 0.1) is 5.92 Å². The summed E-state index contributed by atoms with van der Waals surface area (Å²) in [6.07, 6.45) is 8.70. The molecule has 1 atom stereocenters. The van der Waals surface area contributed by atoms with Crippen LogP contribution in [0.15, 0.2) is 22.5 Å². The molecule has 0 bridgehead atoms. The topological polar surface area (TPSA) is 54.9 Å². The van der Waals surface area contributed by atoms with Gasteiger partial charge in [-0.2, -0.15) is 0 Å². The van der Waals surface area contributed by atoms with Crippen LogP contribution >= 0.6 is 11.3 Å². The minimum Gasteiger partial charge on any atom is -0.381 e. The maximum absolute atomic E-state index is 5.77. The molecule has 0 aromatic carbocycles. The van der Waals surface area contributed by atoms with Crippen LogP contribution < -0.4 is 10.6 Å². The average molecular weight is 394 g/mol. The fraction of sp³-hybridized carbons (Fsp3) is 0.762. The zero-order chi connectivity index (χ0) is 18.8. The number of thiophene rings is 1. The first-order chi connectivity index (χ1) is 13.3. The lowest BCUT2D eigenvalue weighted by molar-refractivity contribution is 0.0888. The number of ether oxygens (including phenoxy) is 2. The lowest BCUT2D eigenvalue weighted by Gasteiger charge is -2.37. The van der Waals surface area contributed by atoms with Crippen LogP contribution in [0.3, 0.4) is 0 Å². The van der Waals surface area contributed by atoms with E-state index < -0.39 is 0 Å². The maximum Gasteiger partial charge on any atom is 0.191 e. The third-order valence-corrected chi connectivity index (χ3v) is 6.92. The number of nitrogens with zero attached hydrogens (tertiary/aromatic N) is 1. The molecule has 1 aromatic rings. The third-order valence-electron chi connectivity index (χ3n) is 5.81. The molecule has 3 rings (SSSR count). The van der Waals surface area contributed by atoms with E-state index in [0.717, 1.165) is 58.3 Å². The maximum atomic E-state index is 5.77. The van der Waals surface area contributed by atoms with Gasteiger partial charge < -0.3 is 20.1 Å². The fourth-order valence-electron chi connectivity index (χ4n) is 4.14. The van der Waals surface area contributed by atoms with Gasteiger partial charge in [0.15, 0.2) is 5.96 Å². The molecule has 2 fully saturated rings. The van der Waals surface area contributed by atoms with Gasteiger partial charge in [-0.3, -0.25) is 4.99 Å². The second-order valence-electron chi connectivity index (χ2n) is 7.83. The molecule has 2 aliphatic rings. The standard InChI is InChI=1S/C21H35N3O2S/c1-22-20(23-11-6-12-25-15-18-8-13-26-16-18)24-17-21(9-3-2-4-10-21)19-7-5-14-27-19/h5,7,14,18H,2-4,6,8-13,15-17H2,1H3,(H2,22,23,24). The van der Waals surface area contributed by atoms with E-state index in [4.69, 9.17) is 9.47 Å². The quantitative estimate of drug-likeness (QED) is 0.383. The molecule has 1 aromatic heterocycles. The zero-order valence-electron chi connectivity index (χ0n) is 16.7. The summed E-state index contributed by atoms with van der Waals surface area (Å²) in [6, 6.07) is 4.49. The molecule has 1 aliphatic carbocycles. The molecule has 1 unspecified atom stereocenters. The van der Waals surface area contributed by atoms with E-state index in [9.17, 15) is 0 Å². The van der Waals surface area contributed by atoms with Crippen molar-refractivity contribution in [3.8, 4) is 0 Å². The first-order valence-corrected chi connectivity index (χ1v) is 11.3. The van der Waals surface area contributed by atoms with Crippen LogP contribution in [0.1, 0.15) is 49.8 Å². The van der Waals surface area contributed by atoms with Crippen molar-refractivity contribution in [1.82, 2.24) is 10.6 Å². The predicted octanol–water partition coefficient (Wildman–Crippen LogP) is 3.56. The van der Waals surface area contributed by atoms with Gasteiger partial charge in [-0.15, -0.1) is 11.3 Å². The summed E-state index contributed by atoms with van der Waals surface area (Å²) < 4.78 is 11.2. The van der Waals surface area contributed by atoms with Crippen molar-refractivity contribution in [2.75, 3.05) is 46.6 Å². The average Bonchev–Trinajstić information content (AvgIpc) is 3.42. The van der Waals surface area contributed by atoms with Gasteiger partial charge in [0.25, 0.3) is 0 Å². The summed E-state index contributed by atoms with van der Waals surface area (Å²) in [5, 5.41) is 9.23. The van der Waals surface area contributed by atoms with E-state index in [2.05, 4.69) is 33.1 Å². The van der Waals surface area contributed by atoms with Crippen molar-refractivity contribution >= 4 is 17.3 Å². The summed E-state index contributed by atoms with van der Waals surface area (Å²) in [7, 11) is 1.85. The first-order valence-electron chi connectivity index (χ1n) is 10.5. The number of aliphatic imine (C=N–C) groups is 1. The van der Waals surface area contributed by atoms with E-state index in [1.165, 1.54) is 37.0 Å². The van der Waals surface area contributed by atoms with Crippen LogP contribution in [0.25, 0.3) is 0 Å². The molecule has 2 N–H and O–H groups in total. The summed E-state index contributed by atoms with van der Waals surface area (Å²) in [5.41, 5.74) is 0.274. The van der Waals surface area contributed by atoms with Gasteiger partial charge in [0.1, 0.15) is 0 Å². The Morgan fingerprint density at radius 1 is 1.33 bits per heavy atom. The first kappa shape index (κ1) is 20.6. The molecule has 152 valence electrons. The monoisotopic (exact) mass is 393 g/mol. The highest BCUT2D eigenvalue weighted by Crippen LogP contribution is 2.41. The summed E-state index contributed by atoms with van der Waals surface area (Å²) in [6.45, 7) is 5.22. The summed E-state index contributed by atoms with van der Waals surface area (Å²) >= 11 is 1.90. The van der Waals surface area contributed by atoms with Crippen molar-refractivity contribution in [1.29, 1.82) is 0 Å². The third kappa shape index (κ3) is 6.19. The van der Waals surface area contributed by atoms with Gasteiger partial charge in [-0.1, -0.05) is 25.3 Å². The number of hydrogen-bond acceptors (Lipinski definition) is 4. The largest absolute Gasteiger partial charge is 0.381 e. The number of rotatable bonds is 9. The molecule has 0 spiro atoms. The van der Waals surface area contributed by atoms with Crippen molar-refractivity contribution in [2.24, 2.45) is 10.9 Å². The number of nitrogens with one attached hydrogen (secondary N) is 2. The highest BCUT2D eigenvalue weighted by atomic mass is 32.1. The van der Waals surface area contributed by atoms with Gasteiger partial charge in [0.2, 0.25) is 0 Å². The Morgan fingerprint density at radius 3 is 2.93 bits per heavy atom. The molecule has 5 nitrogen and oxygen atoms in total. The Hall–Kier alpha value is -1.11. The number of hydrogen-bond donors (Lipinski definition) is 2. The highest BCUT2D eigenvalue weighted by molar-refractivity contribution is 7.10. The minimum atomic E-state index is 0.274. The van der Waals surface area contributed by atoms with Crippen molar-refractivity contribution < 1.29 is 9.47 Å². The number of guanidine groups is 1. The van der Waals surface area contributed by atoms with E-state index in [1.807, 2.05) is 18.4 Å². The van der Waals surface area contributed by atoms with Crippen LogP contribution in [0.5, 0.6) is 0 Å². The summed E-state index contributed by atoms with van der Waals surface area (Å²) in [4.78, 5) is 5.93. The van der Waals surface area contributed by atoms with Gasteiger partial charge in [0.05, 0.1) is 13.2 Å². The van der Waals surface area contributed by atoms with E-state index in [0.29, 0.717) is 5.92 Å². The smallest absolute Gasteiger partial charge is 0.191 e. The van der Waals surface area contributed by atoms with Gasteiger partial charge in [-0.05, 0) is 37.1 Å². The Balaban J connectivity index is 1.36. The molecule has 27 heavy (non-hydrogen) atoms. The molecular weight excluding hydrogens is 358 g/mol. The Bertz CT molecular complexity index is 550. The van der Waals surface area contributed by atoms with Crippen LogP contribution in [-0.4, -0.2) is 52.5 Å². The lowest BCUT2D eigenvalue weighted by Crippen LogP contribution is -2.46. The lowest BCUT2D eigenvalue weighted by atomic mass is 9.73. The van der Waals surface area contributed by atoms with Crippen molar-refractivity contribution in [3.05, 3.63) is 22.4 Å². The second kappa shape index (κ2) is 11.0. The van der Waals surface area contributed by atoms with Gasteiger partial charge in [-0.25, -0.2) is 0 Å². The Kier molecular flexibility index (Phi) is 8.42. The Labute approximate surface area is 167 Å². The normalized spacial score (nSPS) is 22.7. The Morgan fingerprint density at radius 2 is 2.22 bits per heavy atom. The summed E-state index contributed by atoms with van der Waals surface area (Å²) in [5.74, 6) is 1.50. The molecule has 2 heterocycles. The molecular formula is C21H35N3O2S.